The highest BCUT2D eigenvalue weighted by molar-refractivity contribution is 5.59. The van der Waals surface area contributed by atoms with Crippen molar-refractivity contribution in [3.63, 3.8) is 0 Å². The number of rotatable bonds is 2. The van der Waals surface area contributed by atoms with Crippen molar-refractivity contribution in [1.82, 2.24) is 0 Å². The molecular weight excluding hydrogens is 126 g/mol. The van der Waals surface area contributed by atoms with Crippen molar-refractivity contribution in [2.75, 3.05) is 6.54 Å². The predicted octanol–water partition coefficient (Wildman–Crippen LogP) is 0.871. The fraction of sp³-hybridized carbons (Fsp3) is 0.625. The highest BCUT2D eigenvalue weighted by Crippen LogP contribution is 2.21. The molecule has 0 saturated heterocycles. The Morgan fingerprint density at radius 2 is 2.60 bits per heavy atom. The Morgan fingerprint density at radius 3 is 3.10 bits per heavy atom. The molecule has 0 aliphatic heterocycles. The first-order valence-corrected chi connectivity index (χ1v) is 3.72. The second-order valence-electron chi connectivity index (χ2n) is 2.66. The van der Waals surface area contributed by atoms with E-state index < -0.39 is 0 Å². The molecule has 10 heavy (non-hydrogen) atoms. The average molecular weight is 139 g/mol. The summed E-state index contributed by atoms with van der Waals surface area (Å²) in [6, 6.07) is 0. The molecule has 56 valence electrons. The monoisotopic (exact) mass is 139 g/mol. The number of nitrogens with two attached hydrogens (primary N) is 1. The van der Waals surface area contributed by atoms with Crippen molar-refractivity contribution in [3.8, 4) is 0 Å². The Kier molecular flexibility index (Phi) is 2.63. The van der Waals surface area contributed by atoms with Gasteiger partial charge in [-0.05, 0) is 19.3 Å². The Bertz CT molecular complexity index is 151. The molecule has 0 aromatic heterocycles. The Hall–Kier alpha value is -0.630. The summed E-state index contributed by atoms with van der Waals surface area (Å²) in [4.78, 5) is 10.4. The van der Waals surface area contributed by atoms with Crippen molar-refractivity contribution in [3.05, 3.63) is 11.6 Å². The molecule has 0 radical (unpaired) electrons. The first-order chi connectivity index (χ1) is 4.88. The highest BCUT2D eigenvalue weighted by atomic mass is 16.1. The zero-order valence-electron chi connectivity index (χ0n) is 6.05. The van der Waals surface area contributed by atoms with Crippen molar-refractivity contribution in [2.45, 2.75) is 19.3 Å². The highest BCUT2D eigenvalue weighted by Gasteiger charge is 2.14. The Balaban J connectivity index is 2.62. The maximum Gasteiger partial charge on any atom is 0.127 e. The van der Waals surface area contributed by atoms with Crippen molar-refractivity contribution < 1.29 is 4.79 Å². The summed E-state index contributed by atoms with van der Waals surface area (Å²) in [5.41, 5.74) is 6.57. The van der Waals surface area contributed by atoms with Crippen molar-refractivity contribution in [2.24, 2.45) is 11.7 Å². The van der Waals surface area contributed by atoms with Gasteiger partial charge in [-0.25, -0.2) is 0 Å². The van der Waals surface area contributed by atoms with E-state index in [9.17, 15) is 4.79 Å². The second kappa shape index (κ2) is 3.52. The maximum absolute atomic E-state index is 10.4. The topological polar surface area (TPSA) is 43.1 Å². The van der Waals surface area contributed by atoms with E-state index in [4.69, 9.17) is 5.73 Å². The van der Waals surface area contributed by atoms with Gasteiger partial charge in [0.2, 0.25) is 0 Å². The van der Waals surface area contributed by atoms with Crippen LogP contribution in [-0.2, 0) is 4.79 Å². The lowest BCUT2D eigenvalue weighted by molar-refractivity contribution is -0.110. The first kappa shape index (κ1) is 7.48. The zero-order chi connectivity index (χ0) is 7.40. The fourth-order valence-electron chi connectivity index (χ4n) is 1.35. The van der Waals surface area contributed by atoms with Crippen LogP contribution in [0.4, 0.5) is 0 Å². The lowest BCUT2D eigenvalue weighted by Crippen LogP contribution is -2.17. The molecule has 0 saturated carbocycles. The summed E-state index contributed by atoms with van der Waals surface area (Å²) < 4.78 is 0. The summed E-state index contributed by atoms with van der Waals surface area (Å²) in [7, 11) is 0. The van der Waals surface area contributed by atoms with Gasteiger partial charge in [0, 0.05) is 12.5 Å². The van der Waals surface area contributed by atoms with Crippen LogP contribution in [0.15, 0.2) is 11.6 Å². The van der Waals surface area contributed by atoms with E-state index in [1.165, 1.54) is 0 Å². The van der Waals surface area contributed by atoms with Gasteiger partial charge in [0.25, 0.3) is 0 Å². The van der Waals surface area contributed by atoms with Crippen LogP contribution in [-0.4, -0.2) is 12.8 Å². The second-order valence-corrected chi connectivity index (χ2v) is 2.66. The number of carbonyl (C=O) groups excluding carboxylic acids is 1. The zero-order valence-corrected chi connectivity index (χ0v) is 6.05. The van der Waals surface area contributed by atoms with Crippen molar-refractivity contribution >= 4 is 6.29 Å². The molecule has 0 aromatic rings. The molecule has 2 heteroatoms. The van der Waals surface area contributed by atoms with E-state index in [0.717, 1.165) is 31.1 Å². The number of carbonyl (C=O) groups is 1. The van der Waals surface area contributed by atoms with Crippen molar-refractivity contribution in [1.29, 1.82) is 0 Å². The Labute approximate surface area is 61.1 Å². The molecule has 1 aliphatic rings. The predicted molar refractivity (Wildman–Crippen MR) is 40.5 cm³/mol. The largest absolute Gasteiger partial charge is 0.327 e. The van der Waals surface area contributed by atoms with Gasteiger partial charge in [-0.2, -0.15) is 0 Å². The summed E-state index contributed by atoms with van der Waals surface area (Å²) in [6.45, 7) is 0.545. The third-order valence-electron chi connectivity index (χ3n) is 2.00. The molecule has 0 amide bonds. The van der Waals surface area contributed by atoms with Crippen LogP contribution in [0.25, 0.3) is 0 Å². The molecule has 0 bridgehead atoms. The molecule has 0 aromatic carbocycles. The smallest absolute Gasteiger partial charge is 0.127 e. The van der Waals surface area contributed by atoms with Gasteiger partial charge < -0.3 is 10.5 Å². The van der Waals surface area contributed by atoms with E-state index in [-0.39, 0.29) is 5.92 Å². The van der Waals surface area contributed by atoms with Crippen LogP contribution in [0, 0.1) is 5.92 Å². The molecule has 0 spiro atoms. The molecule has 0 fully saturated rings. The Morgan fingerprint density at radius 1 is 1.80 bits per heavy atom. The maximum atomic E-state index is 10.4. The molecule has 1 aliphatic carbocycles. The molecule has 1 rings (SSSR count). The summed E-state index contributed by atoms with van der Waals surface area (Å²) >= 11 is 0. The van der Waals surface area contributed by atoms with E-state index in [1.54, 1.807) is 0 Å². The average Bonchev–Trinajstić information content (AvgIpc) is 2.04. The lowest BCUT2D eigenvalue weighted by atomic mass is 9.89. The minimum absolute atomic E-state index is 0.124. The number of allylic oxidation sites excluding steroid dienone is 1. The molecule has 2 N–H and O–H groups in total. The minimum Gasteiger partial charge on any atom is -0.327 e. The van der Waals surface area contributed by atoms with Gasteiger partial charge in [-0.15, -0.1) is 0 Å². The third kappa shape index (κ3) is 1.45. The van der Waals surface area contributed by atoms with Crippen LogP contribution in [0.1, 0.15) is 19.3 Å². The lowest BCUT2D eigenvalue weighted by Gasteiger charge is -2.17. The summed E-state index contributed by atoms with van der Waals surface area (Å²) in [5, 5.41) is 0. The summed E-state index contributed by atoms with van der Waals surface area (Å²) in [5.74, 6) is 0.124. The molecule has 1 unspecified atom stereocenters. The molecule has 1 atom stereocenters. The van der Waals surface area contributed by atoms with E-state index in [0.29, 0.717) is 6.54 Å². The molecule has 0 heterocycles. The van der Waals surface area contributed by atoms with Crippen LogP contribution >= 0.6 is 0 Å². The van der Waals surface area contributed by atoms with Crippen LogP contribution in [0.2, 0.25) is 0 Å². The molecule has 2 nitrogen and oxygen atoms in total. The standard InChI is InChI=1S/C8H13NO/c9-5-7-3-1-2-4-8(7)6-10/h3,6,8H,1-2,4-5,9H2. The van der Waals surface area contributed by atoms with Gasteiger partial charge in [0.1, 0.15) is 6.29 Å². The molecular formula is C8H13NO. The van der Waals surface area contributed by atoms with Gasteiger partial charge in [-0.1, -0.05) is 11.6 Å². The normalized spacial score (nSPS) is 25.7. The number of hydrogen-bond acceptors (Lipinski definition) is 2. The van der Waals surface area contributed by atoms with Gasteiger partial charge >= 0.3 is 0 Å². The number of aldehydes is 1. The number of hydrogen-bond donors (Lipinski definition) is 1. The minimum atomic E-state index is 0.124. The quantitative estimate of drug-likeness (QED) is 0.455. The summed E-state index contributed by atoms with van der Waals surface area (Å²) in [6.07, 6.45) is 6.33. The van der Waals surface area contributed by atoms with Crippen LogP contribution < -0.4 is 5.73 Å². The van der Waals surface area contributed by atoms with E-state index in [2.05, 4.69) is 6.08 Å². The van der Waals surface area contributed by atoms with Gasteiger partial charge in [0.05, 0.1) is 0 Å². The third-order valence-corrected chi connectivity index (χ3v) is 2.00. The van der Waals surface area contributed by atoms with E-state index in [1.807, 2.05) is 0 Å². The van der Waals surface area contributed by atoms with Crippen LogP contribution in [0.3, 0.4) is 0 Å². The van der Waals surface area contributed by atoms with Gasteiger partial charge in [0.15, 0.2) is 0 Å². The van der Waals surface area contributed by atoms with Gasteiger partial charge in [-0.3, -0.25) is 0 Å². The SMILES string of the molecule is NCC1=CCCCC1C=O. The fourth-order valence-corrected chi connectivity index (χ4v) is 1.35. The van der Waals surface area contributed by atoms with Crippen LogP contribution in [0.5, 0.6) is 0 Å². The van der Waals surface area contributed by atoms with E-state index >= 15 is 0 Å². The first-order valence-electron chi connectivity index (χ1n) is 3.72.